The maximum atomic E-state index is 13.6. The summed E-state index contributed by atoms with van der Waals surface area (Å²) in [6.07, 6.45) is 35.2. The zero-order valence-electron chi connectivity index (χ0n) is 65.5. The smallest absolute Gasteiger partial charge is 0.367 e. The summed E-state index contributed by atoms with van der Waals surface area (Å²) >= 11 is 11.0. The number of unbranched alkanes of at least 4 members (excludes halogenated alkanes) is 26. The second-order valence-electron chi connectivity index (χ2n) is 28.8. The lowest BCUT2D eigenvalue weighted by molar-refractivity contribution is -0.469. The van der Waals surface area contributed by atoms with E-state index in [0.717, 1.165) is 66.8 Å². The molecule has 5 rings (SSSR count). The van der Waals surface area contributed by atoms with Gasteiger partial charge in [-0.2, -0.15) is 4.21 Å². The number of amides is 2. The van der Waals surface area contributed by atoms with E-state index in [1.54, 1.807) is 65.8 Å². The molecule has 1 aliphatic heterocycles. The molecule has 0 aromatic heterocycles. The first-order chi connectivity index (χ1) is 50.1. The molecule has 20 nitrogen and oxygen atoms in total. The highest BCUT2D eigenvalue weighted by atomic mass is 35.5. The Morgan fingerprint density at radius 2 is 0.886 bits per heavy atom. The van der Waals surface area contributed by atoms with Crippen molar-refractivity contribution < 1.29 is 66.4 Å². The Kier molecular flexibility index (Phi) is 49.8. The van der Waals surface area contributed by atoms with Crippen molar-refractivity contribution in [2.24, 2.45) is 15.8 Å². The number of ketones is 2. The molecule has 4 aromatic rings. The Bertz CT molecular complexity index is 3240. The molecule has 0 saturated carbocycles. The molecule has 0 radical (unpaired) electrons. The number of anilines is 5. The van der Waals surface area contributed by atoms with Crippen LogP contribution >= 0.6 is 23.2 Å². The number of nitrogens with zero attached hydrogens (tertiary/aromatic N) is 3. The summed E-state index contributed by atoms with van der Waals surface area (Å²) in [5.41, 5.74) is 10.2. The number of aliphatic imine (C=N–C) groups is 1. The first kappa shape index (κ1) is 94.8. The van der Waals surface area contributed by atoms with Crippen LogP contribution in [0.2, 0.25) is 10.0 Å². The van der Waals surface area contributed by atoms with Crippen LogP contribution in [0, 0.1) is 24.7 Å². The van der Waals surface area contributed by atoms with Crippen LogP contribution in [0.25, 0.3) is 0 Å². The molecule has 1 fully saturated rings. The van der Waals surface area contributed by atoms with Crippen molar-refractivity contribution in [3.05, 3.63) is 105 Å². The van der Waals surface area contributed by atoms with Gasteiger partial charge in [-0.3, -0.25) is 19.2 Å². The number of carbonyl (C=O) groups is 6. The largest absolute Gasteiger partial charge is 0.462 e. The van der Waals surface area contributed by atoms with Gasteiger partial charge in [0.1, 0.15) is 5.78 Å². The van der Waals surface area contributed by atoms with E-state index in [2.05, 4.69) is 61.1 Å². The Labute approximate surface area is 641 Å². The van der Waals surface area contributed by atoms with Gasteiger partial charge in [-0.15, -0.1) is 0 Å². The van der Waals surface area contributed by atoms with E-state index in [-0.39, 0.29) is 47.4 Å². The highest BCUT2D eigenvalue weighted by Gasteiger charge is 2.32. The van der Waals surface area contributed by atoms with Crippen molar-refractivity contribution in [3.8, 4) is 0 Å². The quantitative estimate of drug-likeness (QED) is 0.00686. The number of nitrogen functional groups attached to an aromatic ring is 1. The van der Waals surface area contributed by atoms with Crippen LogP contribution in [0.4, 0.5) is 34.1 Å². The van der Waals surface area contributed by atoms with E-state index in [0.29, 0.717) is 54.8 Å². The van der Waals surface area contributed by atoms with Gasteiger partial charge in [-0.1, -0.05) is 254 Å². The number of esters is 2. The second-order valence-corrected chi connectivity index (χ2v) is 30.3. The Morgan fingerprint density at radius 1 is 0.514 bits per heavy atom. The highest BCUT2D eigenvalue weighted by Crippen LogP contribution is 2.30. The molecule has 0 spiro atoms. The summed E-state index contributed by atoms with van der Waals surface area (Å²) in [4.78, 5) is 85.3. The van der Waals surface area contributed by atoms with E-state index >= 15 is 0 Å². The van der Waals surface area contributed by atoms with E-state index < -0.39 is 51.7 Å². The Morgan fingerprint density at radius 3 is 1.22 bits per heavy atom. The highest BCUT2D eigenvalue weighted by molar-refractivity contribution is 7.75. The van der Waals surface area contributed by atoms with Crippen molar-refractivity contribution in [2.45, 2.75) is 269 Å². The van der Waals surface area contributed by atoms with Gasteiger partial charge >= 0.3 is 23.3 Å². The van der Waals surface area contributed by atoms with Crippen LogP contribution in [0.15, 0.2) is 77.8 Å². The SMILES string of the molecule is CCCCCCCCCCCCCCCCOC(=O)c1ccc(Cl)c(NC(=O)C(=Nc2ccc(N(CC)CCO)cc2C)C(=O)C(C)(C)C)c1.CCCCCCCCCCCCCCCCOC(=O)c1ccc(Cl)c(NC(=O)CC(=O)C(C)(C)C)c1.CCN(CCO)c1ccc(N)c(C)c1.O=S1OOO1. The van der Waals surface area contributed by atoms with Gasteiger partial charge in [-0.05, 0) is 129 Å². The number of ether oxygens (including phenoxy) is 2. The van der Waals surface area contributed by atoms with Crippen LogP contribution < -0.4 is 26.2 Å². The third-order valence-corrected chi connectivity index (χ3v) is 18.7. The van der Waals surface area contributed by atoms with Crippen molar-refractivity contribution in [1.29, 1.82) is 0 Å². The third kappa shape index (κ3) is 41.0. The number of aryl methyl sites for hydroxylation is 2. The molecule has 0 aliphatic carbocycles. The minimum atomic E-state index is -1.61. The Balaban J connectivity index is 0.000000584. The minimum Gasteiger partial charge on any atom is -0.462 e. The molecule has 1 saturated heterocycles. The number of nitrogens with two attached hydrogens (primary N) is 1. The number of carbonyl (C=O) groups excluding carboxylic acids is 6. The number of likely N-dealkylation sites (N-methyl/N-ethyl adjacent to an activating group) is 2. The molecule has 2 amide bonds. The normalized spacial score (nSPS) is 12.1. The van der Waals surface area contributed by atoms with Gasteiger partial charge in [0.25, 0.3) is 5.91 Å². The standard InChI is InChI=1S/C41H62ClN3O5.C30H48ClNO4.C11H18N2O.O4S/c1-7-9-10-11-12-13-14-15-16-17-18-19-20-21-28-50-40(49)32-22-24-34(42)36(30-32)44-39(48)37(38(47)41(4,5)6)43-35-25-23-33(29-31(35)3)45(8-2)26-27-46;1-5-6-7-8-9-10-11-12-13-14-15-16-17-18-21-36-29(35)24-19-20-25(31)26(22-24)32-28(34)23-27(33)30(2,3)4;1-3-13(6-7-14)10-4-5-11(12)9(2)8-10;1-5-3-2-4-5/h22-25,29-30,46H,7-21,26-28H2,1-6H3,(H,44,48);19-20,22H,5-18,21,23H2,1-4H3,(H,32,34);4-5,8,14H,3,6-7,12H2,1-2H3;. The van der Waals surface area contributed by atoms with Crippen molar-refractivity contribution in [2.75, 3.05) is 78.8 Å². The van der Waals surface area contributed by atoms with Crippen molar-refractivity contribution >= 4 is 110 Å². The van der Waals surface area contributed by atoms with Gasteiger partial charge in [0.2, 0.25) is 5.91 Å². The average Bonchev–Trinajstić information content (AvgIpc) is 0.838. The van der Waals surface area contributed by atoms with Gasteiger partial charge in [0, 0.05) is 54.1 Å². The number of nitrogens with one attached hydrogen (secondary N) is 2. The molecule has 23 heteroatoms. The topological polar surface area (TPSA) is 275 Å². The van der Waals surface area contributed by atoms with E-state index in [4.69, 9.17) is 43.5 Å². The third-order valence-electron chi connectivity index (χ3n) is 17.7. The molecule has 0 unspecified atom stereocenters. The number of aliphatic hydroxyl groups excluding tert-OH is 2. The summed E-state index contributed by atoms with van der Waals surface area (Å²) in [6.45, 7) is 26.6. The zero-order valence-corrected chi connectivity index (χ0v) is 67.8. The zero-order chi connectivity index (χ0) is 78.0. The first-order valence-corrected chi connectivity index (χ1v) is 40.2. The van der Waals surface area contributed by atoms with Crippen LogP contribution in [0.5, 0.6) is 0 Å². The van der Waals surface area contributed by atoms with E-state index in [1.165, 1.54) is 166 Å². The fourth-order valence-electron chi connectivity index (χ4n) is 11.1. The number of hydrogen-bond acceptors (Lipinski definition) is 18. The monoisotopic (exact) mass is 1520 g/mol. The number of rotatable bonds is 47. The van der Waals surface area contributed by atoms with Gasteiger partial charge in [0.15, 0.2) is 11.5 Å². The fraction of sp³-hybridized carbons (Fsp3) is 0.622. The van der Waals surface area contributed by atoms with E-state index in [9.17, 15) is 38.1 Å². The number of Topliss-reactive ketones (excluding diaryl/α,β-unsaturated/α-hetero) is 2. The fourth-order valence-corrected chi connectivity index (χ4v) is 11.5. The van der Waals surface area contributed by atoms with Crippen molar-refractivity contribution in [3.63, 3.8) is 0 Å². The van der Waals surface area contributed by atoms with Crippen LogP contribution in [0.3, 0.4) is 0 Å². The van der Waals surface area contributed by atoms with Gasteiger partial charge < -0.3 is 45.9 Å². The second kappa shape index (κ2) is 55.2. The van der Waals surface area contributed by atoms with Gasteiger partial charge in [-0.25, -0.2) is 14.6 Å². The molecular weight excluding hydrogens is 1400 g/mol. The molecule has 0 atom stereocenters. The summed E-state index contributed by atoms with van der Waals surface area (Å²) in [6, 6.07) is 20.6. The van der Waals surface area contributed by atoms with E-state index in [1.807, 2.05) is 49.9 Å². The Hall–Kier alpha value is -6.30. The summed E-state index contributed by atoms with van der Waals surface area (Å²) in [7, 11) is 0. The maximum absolute atomic E-state index is 13.6. The molecule has 590 valence electrons. The summed E-state index contributed by atoms with van der Waals surface area (Å²) in [5.74, 6) is -2.72. The maximum Gasteiger partial charge on any atom is 0.367 e. The molecule has 1 heterocycles. The van der Waals surface area contributed by atoms with Crippen LogP contribution in [0.1, 0.15) is 287 Å². The summed E-state index contributed by atoms with van der Waals surface area (Å²) < 4.78 is 27.7. The predicted molar refractivity (Wildman–Crippen MR) is 430 cm³/mol. The number of aliphatic hydroxyl groups is 2. The number of benzene rings is 4. The van der Waals surface area contributed by atoms with Crippen LogP contribution in [-0.4, -0.2) is 108 Å². The molecule has 105 heavy (non-hydrogen) atoms. The van der Waals surface area contributed by atoms with Crippen LogP contribution in [-0.2, 0) is 53.7 Å². The molecule has 4 aromatic carbocycles. The average molecular weight is 1520 g/mol. The minimum absolute atomic E-state index is 0.0260. The van der Waals surface area contributed by atoms with Gasteiger partial charge in [0.05, 0.1) is 71.1 Å². The molecule has 6 N–H and O–H groups in total. The lowest BCUT2D eigenvalue weighted by Gasteiger charge is -2.23. The lowest BCUT2D eigenvalue weighted by atomic mass is 9.87. The lowest BCUT2D eigenvalue weighted by Crippen LogP contribution is -2.37. The first-order valence-electron chi connectivity index (χ1n) is 38.5. The predicted octanol–water partition coefficient (Wildman–Crippen LogP) is 20.2. The number of hydrogen-bond donors (Lipinski definition) is 5. The number of halogens is 2. The summed E-state index contributed by atoms with van der Waals surface area (Å²) in [5, 5.41) is 27.7. The molecule has 0 bridgehead atoms. The molecular formula is C82H128Cl2N6O14S. The molecule has 1 aliphatic rings. The van der Waals surface area contributed by atoms with Crippen molar-refractivity contribution in [1.82, 2.24) is 0 Å².